The van der Waals surface area contributed by atoms with Crippen molar-refractivity contribution in [1.29, 1.82) is 0 Å². The van der Waals surface area contributed by atoms with Crippen molar-refractivity contribution in [3.05, 3.63) is 29.8 Å². The number of hydrogen-bond acceptors (Lipinski definition) is 4. The Kier molecular flexibility index (Phi) is 6.98. The largest absolute Gasteiger partial charge is 0.491 e. The monoisotopic (exact) mass is 301 g/mol. The van der Waals surface area contributed by atoms with Crippen LogP contribution in [0, 0.1) is 0 Å². The van der Waals surface area contributed by atoms with E-state index in [4.69, 9.17) is 14.6 Å². The maximum atomic E-state index is 10.7. The van der Waals surface area contributed by atoms with Gasteiger partial charge in [-0.05, 0) is 30.0 Å². The smallest absolute Gasteiger partial charge is 0.211 e. The van der Waals surface area contributed by atoms with Gasteiger partial charge in [-0.25, -0.2) is 13.6 Å². The molecule has 0 saturated carbocycles. The predicted molar refractivity (Wildman–Crippen MR) is 79.4 cm³/mol. The maximum absolute atomic E-state index is 10.7. The Balaban J connectivity index is 2.22. The van der Waals surface area contributed by atoms with Crippen molar-refractivity contribution in [3.8, 4) is 5.75 Å². The van der Waals surface area contributed by atoms with Gasteiger partial charge in [-0.3, -0.25) is 0 Å². The Morgan fingerprint density at radius 2 is 1.80 bits per heavy atom. The van der Waals surface area contributed by atoms with Crippen LogP contribution in [0.4, 0.5) is 0 Å². The molecule has 1 aromatic rings. The molecule has 2 N–H and O–H groups in total. The molecule has 114 valence electrons. The summed E-state index contributed by atoms with van der Waals surface area (Å²) in [5, 5.41) is 4.85. The first-order valence-electron chi connectivity index (χ1n) is 6.73. The van der Waals surface area contributed by atoms with E-state index in [-0.39, 0.29) is 12.4 Å². The second kappa shape index (κ2) is 8.24. The topological polar surface area (TPSA) is 78.6 Å². The number of nitrogens with two attached hydrogens (primary N) is 1. The van der Waals surface area contributed by atoms with Crippen molar-refractivity contribution in [3.63, 3.8) is 0 Å². The molecular formula is C14H23NO4S. The van der Waals surface area contributed by atoms with E-state index in [1.54, 1.807) is 0 Å². The van der Waals surface area contributed by atoms with E-state index in [0.717, 1.165) is 12.2 Å². The van der Waals surface area contributed by atoms with Gasteiger partial charge in [-0.15, -0.1) is 0 Å². The van der Waals surface area contributed by atoms with E-state index in [9.17, 15) is 8.42 Å². The molecule has 5 nitrogen and oxygen atoms in total. The number of rotatable bonds is 9. The van der Waals surface area contributed by atoms with E-state index in [2.05, 4.69) is 26.0 Å². The molecule has 0 radical (unpaired) electrons. The molecule has 0 aliphatic heterocycles. The van der Waals surface area contributed by atoms with Crippen LogP contribution in [0.5, 0.6) is 5.75 Å². The molecule has 0 fully saturated rings. The second-order valence-corrected chi connectivity index (χ2v) is 6.44. The fraction of sp³-hybridized carbons (Fsp3) is 0.571. The van der Waals surface area contributed by atoms with Crippen LogP contribution in [-0.4, -0.2) is 34.0 Å². The Morgan fingerprint density at radius 3 is 2.35 bits per heavy atom. The minimum absolute atomic E-state index is 0.0924. The van der Waals surface area contributed by atoms with Gasteiger partial charge in [0, 0.05) is 0 Å². The van der Waals surface area contributed by atoms with E-state index in [0.29, 0.717) is 19.1 Å². The quantitative estimate of drug-likeness (QED) is 0.706. The normalized spacial score (nSPS) is 13.2. The van der Waals surface area contributed by atoms with Crippen LogP contribution in [0.1, 0.15) is 31.7 Å². The van der Waals surface area contributed by atoms with Crippen molar-refractivity contribution in [2.24, 2.45) is 5.14 Å². The summed E-state index contributed by atoms with van der Waals surface area (Å²) in [6.45, 7) is 5.16. The van der Waals surface area contributed by atoms with Crippen molar-refractivity contribution >= 4 is 10.0 Å². The first kappa shape index (κ1) is 16.9. The first-order chi connectivity index (χ1) is 9.42. The molecular weight excluding hydrogens is 278 g/mol. The summed E-state index contributed by atoms with van der Waals surface area (Å²) >= 11 is 0. The summed E-state index contributed by atoms with van der Waals surface area (Å²) in [5.74, 6) is 1.16. The number of ether oxygens (including phenoxy) is 2. The van der Waals surface area contributed by atoms with E-state index >= 15 is 0 Å². The molecule has 1 unspecified atom stereocenters. The van der Waals surface area contributed by atoms with E-state index < -0.39 is 10.0 Å². The minimum Gasteiger partial charge on any atom is -0.491 e. The van der Waals surface area contributed by atoms with Crippen LogP contribution in [0.3, 0.4) is 0 Å². The van der Waals surface area contributed by atoms with Crippen LogP contribution in [-0.2, 0) is 14.8 Å². The molecule has 1 atom stereocenters. The van der Waals surface area contributed by atoms with Crippen molar-refractivity contribution in [2.45, 2.75) is 26.2 Å². The van der Waals surface area contributed by atoms with Gasteiger partial charge in [0.1, 0.15) is 12.4 Å². The zero-order chi connectivity index (χ0) is 15.0. The van der Waals surface area contributed by atoms with Gasteiger partial charge in [0.15, 0.2) is 0 Å². The zero-order valence-electron chi connectivity index (χ0n) is 12.0. The molecule has 1 rings (SSSR count). The number of hydrogen-bond donors (Lipinski definition) is 1. The van der Waals surface area contributed by atoms with Crippen molar-refractivity contribution in [2.75, 3.05) is 25.6 Å². The van der Waals surface area contributed by atoms with Crippen molar-refractivity contribution < 1.29 is 17.9 Å². The lowest BCUT2D eigenvalue weighted by atomic mass is 9.99. The average molecular weight is 301 g/mol. The van der Waals surface area contributed by atoms with Gasteiger partial charge < -0.3 is 9.47 Å². The molecule has 0 spiro atoms. The number of sulfonamides is 1. The van der Waals surface area contributed by atoms with Crippen LogP contribution < -0.4 is 9.88 Å². The third kappa shape index (κ3) is 6.88. The fourth-order valence-electron chi connectivity index (χ4n) is 1.62. The van der Waals surface area contributed by atoms with Crippen LogP contribution in [0.25, 0.3) is 0 Å². The third-order valence-electron chi connectivity index (χ3n) is 3.07. The third-order valence-corrected chi connectivity index (χ3v) is 3.81. The molecule has 0 amide bonds. The predicted octanol–water partition coefficient (Wildman–Crippen LogP) is 1.88. The lowest BCUT2D eigenvalue weighted by molar-refractivity contribution is 0.111. The highest BCUT2D eigenvalue weighted by Gasteiger charge is 2.03. The fourth-order valence-corrected chi connectivity index (χ4v) is 1.97. The highest BCUT2D eigenvalue weighted by Crippen LogP contribution is 2.21. The molecule has 1 aromatic carbocycles. The molecule has 0 heterocycles. The molecule has 0 aromatic heterocycles. The minimum atomic E-state index is -3.44. The van der Waals surface area contributed by atoms with E-state index in [1.165, 1.54) is 5.56 Å². The van der Waals surface area contributed by atoms with Crippen LogP contribution in [0.15, 0.2) is 24.3 Å². The lowest BCUT2D eigenvalue weighted by Gasteiger charge is -2.11. The van der Waals surface area contributed by atoms with Crippen LogP contribution >= 0.6 is 0 Å². The summed E-state index contributed by atoms with van der Waals surface area (Å²) in [6, 6.07) is 7.99. The number of primary sulfonamides is 1. The summed E-state index contributed by atoms with van der Waals surface area (Å²) in [5.41, 5.74) is 1.30. The maximum Gasteiger partial charge on any atom is 0.211 e. The first-order valence-corrected chi connectivity index (χ1v) is 8.45. The van der Waals surface area contributed by atoms with Gasteiger partial charge >= 0.3 is 0 Å². The molecule has 0 aliphatic carbocycles. The Morgan fingerprint density at radius 1 is 1.15 bits per heavy atom. The summed E-state index contributed by atoms with van der Waals surface area (Å²) < 4.78 is 32.0. The van der Waals surface area contributed by atoms with Crippen molar-refractivity contribution in [1.82, 2.24) is 0 Å². The molecule has 0 bridgehead atoms. The Bertz CT molecular complexity index is 484. The highest BCUT2D eigenvalue weighted by molar-refractivity contribution is 7.89. The zero-order valence-corrected chi connectivity index (χ0v) is 12.9. The van der Waals surface area contributed by atoms with Gasteiger partial charge in [0.05, 0.1) is 19.0 Å². The molecule has 6 heteroatoms. The number of benzene rings is 1. The SMILES string of the molecule is CCC(C)c1ccc(OCCOCCS(N)(=O)=O)cc1. The second-order valence-electron chi connectivity index (χ2n) is 4.71. The summed E-state index contributed by atoms with van der Waals surface area (Å²) in [4.78, 5) is 0. The van der Waals surface area contributed by atoms with Gasteiger partial charge in [-0.2, -0.15) is 0 Å². The average Bonchev–Trinajstić information content (AvgIpc) is 2.41. The molecule has 0 saturated heterocycles. The molecule has 20 heavy (non-hydrogen) atoms. The van der Waals surface area contributed by atoms with Gasteiger partial charge in [0.2, 0.25) is 10.0 Å². The van der Waals surface area contributed by atoms with Crippen LogP contribution in [0.2, 0.25) is 0 Å². The summed E-state index contributed by atoms with van der Waals surface area (Å²) in [7, 11) is -3.44. The van der Waals surface area contributed by atoms with Gasteiger partial charge in [0.25, 0.3) is 0 Å². The highest BCUT2D eigenvalue weighted by atomic mass is 32.2. The standard InChI is InChI=1S/C14H23NO4S/c1-3-12(2)13-4-6-14(7-5-13)19-9-8-18-10-11-20(15,16)17/h4-7,12H,3,8-11H2,1-2H3,(H2,15,16,17). The van der Waals surface area contributed by atoms with E-state index in [1.807, 2.05) is 12.1 Å². The Hall–Kier alpha value is -1.11. The van der Waals surface area contributed by atoms with Gasteiger partial charge in [-0.1, -0.05) is 26.0 Å². The summed E-state index contributed by atoms with van der Waals surface area (Å²) in [6.07, 6.45) is 1.11. The lowest BCUT2D eigenvalue weighted by Crippen LogP contribution is -2.21. The Labute approximate surface area is 121 Å². The molecule has 0 aliphatic rings.